The van der Waals surface area contributed by atoms with Crippen LogP contribution in [0.1, 0.15) is 33.6 Å². The van der Waals surface area contributed by atoms with Gasteiger partial charge in [-0.05, 0) is 49.9 Å². The molecule has 2 aromatic rings. The van der Waals surface area contributed by atoms with E-state index in [1.807, 2.05) is 6.92 Å². The lowest BCUT2D eigenvalue weighted by molar-refractivity contribution is 0.0949. The number of halogens is 1. The third kappa shape index (κ3) is 3.59. The van der Waals surface area contributed by atoms with E-state index in [1.165, 1.54) is 12.1 Å². The minimum Gasteiger partial charge on any atom is -0.399 e. The van der Waals surface area contributed by atoms with Crippen molar-refractivity contribution in [3.63, 3.8) is 0 Å². The lowest BCUT2D eigenvalue weighted by atomic mass is 10.1. The van der Waals surface area contributed by atoms with Crippen molar-refractivity contribution >= 4 is 11.6 Å². The van der Waals surface area contributed by atoms with Gasteiger partial charge in [0.2, 0.25) is 0 Å². The maximum absolute atomic E-state index is 13.9. The number of carbonyl (C=O) groups is 1. The van der Waals surface area contributed by atoms with E-state index in [2.05, 4.69) is 15.5 Å². The largest absolute Gasteiger partial charge is 0.399 e. The number of carbonyl (C=O) groups excluding carboxylic acids is 1. The number of H-pyrrole nitrogens is 1. The van der Waals surface area contributed by atoms with E-state index in [9.17, 15) is 9.18 Å². The monoisotopic (exact) mass is 290 g/mol. The van der Waals surface area contributed by atoms with Crippen molar-refractivity contribution in [1.82, 2.24) is 15.5 Å². The Hall–Kier alpha value is -2.37. The van der Waals surface area contributed by atoms with Crippen LogP contribution < -0.4 is 11.1 Å². The zero-order chi connectivity index (χ0) is 15.4. The van der Waals surface area contributed by atoms with E-state index < -0.39 is 11.7 Å². The standard InChI is InChI=1S/C15H19FN4O/c1-9-6-12(17)7-13(14(9)16)15(21)18-5-3-4-11-8-19-20-10(11)2/h6-8H,3-5,17H2,1-2H3,(H,18,21)(H,19,20). The number of aromatic amines is 1. The minimum absolute atomic E-state index is 0.00742. The zero-order valence-electron chi connectivity index (χ0n) is 12.2. The van der Waals surface area contributed by atoms with Gasteiger partial charge >= 0.3 is 0 Å². The molecule has 112 valence electrons. The normalized spacial score (nSPS) is 10.6. The highest BCUT2D eigenvalue weighted by Gasteiger charge is 2.14. The van der Waals surface area contributed by atoms with Gasteiger partial charge in [0, 0.05) is 17.9 Å². The second-order valence-electron chi connectivity index (χ2n) is 5.08. The summed E-state index contributed by atoms with van der Waals surface area (Å²) in [7, 11) is 0. The van der Waals surface area contributed by atoms with Crippen LogP contribution in [-0.4, -0.2) is 22.6 Å². The fourth-order valence-electron chi connectivity index (χ4n) is 2.17. The summed E-state index contributed by atoms with van der Waals surface area (Å²) in [6, 6.07) is 2.87. The number of rotatable bonds is 5. The molecule has 4 N–H and O–H groups in total. The van der Waals surface area contributed by atoms with E-state index in [1.54, 1.807) is 13.1 Å². The van der Waals surface area contributed by atoms with Gasteiger partial charge in [-0.2, -0.15) is 5.10 Å². The third-order valence-corrected chi connectivity index (χ3v) is 3.36. The molecule has 0 aliphatic heterocycles. The molecule has 0 fully saturated rings. The Kier molecular flexibility index (Phi) is 4.57. The van der Waals surface area contributed by atoms with Crippen LogP contribution in [0.4, 0.5) is 10.1 Å². The number of nitrogens with zero attached hydrogens (tertiary/aromatic N) is 1. The Morgan fingerprint density at radius 1 is 1.43 bits per heavy atom. The SMILES string of the molecule is Cc1cc(N)cc(C(=O)NCCCc2cn[nH]c2C)c1F. The Bertz CT molecular complexity index is 651. The molecule has 21 heavy (non-hydrogen) atoms. The second-order valence-corrected chi connectivity index (χ2v) is 5.08. The van der Waals surface area contributed by atoms with Gasteiger partial charge in [-0.25, -0.2) is 4.39 Å². The van der Waals surface area contributed by atoms with Crippen LogP contribution in [0, 0.1) is 19.7 Å². The maximum Gasteiger partial charge on any atom is 0.254 e. The molecule has 0 radical (unpaired) electrons. The van der Waals surface area contributed by atoms with Crippen molar-refractivity contribution in [3.8, 4) is 0 Å². The Labute approximate surface area is 122 Å². The van der Waals surface area contributed by atoms with E-state index >= 15 is 0 Å². The summed E-state index contributed by atoms with van der Waals surface area (Å²) >= 11 is 0. The molecule has 0 spiro atoms. The molecule has 0 aliphatic carbocycles. The van der Waals surface area contributed by atoms with Gasteiger partial charge in [0.15, 0.2) is 0 Å². The highest BCUT2D eigenvalue weighted by molar-refractivity contribution is 5.95. The van der Waals surface area contributed by atoms with Crippen LogP contribution in [0.3, 0.4) is 0 Å². The number of hydrogen-bond acceptors (Lipinski definition) is 3. The number of aromatic nitrogens is 2. The average Bonchev–Trinajstić information content (AvgIpc) is 2.84. The van der Waals surface area contributed by atoms with Gasteiger partial charge < -0.3 is 11.1 Å². The predicted molar refractivity (Wildman–Crippen MR) is 79.5 cm³/mol. The zero-order valence-corrected chi connectivity index (χ0v) is 12.2. The molecule has 1 heterocycles. The third-order valence-electron chi connectivity index (χ3n) is 3.36. The topological polar surface area (TPSA) is 83.8 Å². The quantitative estimate of drug-likeness (QED) is 0.582. The van der Waals surface area contributed by atoms with Gasteiger partial charge in [-0.1, -0.05) is 0 Å². The average molecular weight is 290 g/mol. The molecule has 0 bridgehead atoms. The van der Waals surface area contributed by atoms with Crippen molar-refractivity contribution < 1.29 is 9.18 Å². The number of aryl methyl sites for hydroxylation is 3. The molecule has 6 heteroatoms. The lowest BCUT2D eigenvalue weighted by Gasteiger charge is -2.08. The van der Waals surface area contributed by atoms with Crippen LogP contribution >= 0.6 is 0 Å². The molecule has 0 aliphatic rings. The number of anilines is 1. The molecule has 1 aromatic heterocycles. The number of amides is 1. The molecule has 0 saturated carbocycles. The van der Waals surface area contributed by atoms with E-state index in [4.69, 9.17) is 5.73 Å². The maximum atomic E-state index is 13.9. The smallest absolute Gasteiger partial charge is 0.254 e. The van der Waals surface area contributed by atoms with Crippen LogP contribution in [-0.2, 0) is 6.42 Å². The Balaban J connectivity index is 1.89. The summed E-state index contributed by atoms with van der Waals surface area (Å²) in [4.78, 5) is 12.0. The van der Waals surface area contributed by atoms with Gasteiger partial charge in [-0.15, -0.1) is 0 Å². The van der Waals surface area contributed by atoms with Crippen molar-refractivity contribution in [2.45, 2.75) is 26.7 Å². The first-order valence-corrected chi connectivity index (χ1v) is 6.81. The number of hydrogen-bond donors (Lipinski definition) is 3. The summed E-state index contributed by atoms with van der Waals surface area (Å²) in [5.74, 6) is -0.959. The van der Waals surface area contributed by atoms with Crippen LogP contribution in [0.15, 0.2) is 18.3 Å². The molecule has 1 amide bonds. The van der Waals surface area contributed by atoms with Gasteiger partial charge in [0.05, 0.1) is 11.8 Å². The molecule has 5 nitrogen and oxygen atoms in total. The Morgan fingerprint density at radius 2 is 2.19 bits per heavy atom. The van der Waals surface area contributed by atoms with E-state index in [0.717, 1.165) is 24.1 Å². The molecule has 1 aromatic carbocycles. The molecular weight excluding hydrogens is 271 g/mol. The highest BCUT2D eigenvalue weighted by Crippen LogP contribution is 2.17. The minimum atomic E-state index is -0.521. The van der Waals surface area contributed by atoms with Crippen molar-refractivity contribution in [3.05, 3.63) is 46.5 Å². The van der Waals surface area contributed by atoms with Gasteiger partial charge in [0.25, 0.3) is 5.91 Å². The summed E-state index contributed by atoms with van der Waals surface area (Å²) < 4.78 is 13.9. The number of nitrogen functional groups attached to an aromatic ring is 1. The van der Waals surface area contributed by atoms with E-state index in [0.29, 0.717) is 17.8 Å². The second kappa shape index (κ2) is 6.39. The fraction of sp³-hybridized carbons (Fsp3) is 0.333. The van der Waals surface area contributed by atoms with Crippen LogP contribution in [0.25, 0.3) is 0 Å². The molecule has 0 unspecified atom stereocenters. The molecule has 2 rings (SSSR count). The first-order chi connectivity index (χ1) is 9.99. The first kappa shape index (κ1) is 15.0. The molecule has 0 atom stereocenters. The van der Waals surface area contributed by atoms with Gasteiger partial charge in [0.1, 0.15) is 5.82 Å². The van der Waals surface area contributed by atoms with Crippen LogP contribution in [0.2, 0.25) is 0 Å². The lowest BCUT2D eigenvalue weighted by Crippen LogP contribution is -2.26. The summed E-state index contributed by atoms with van der Waals surface area (Å²) in [5, 5.41) is 9.51. The summed E-state index contributed by atoms with van der Waals surface area (Å²) in [6.45, 7) is 4.01. The Morgan fingerprint density at radius 3 is 2.86 bits per heavy atom. The predicted octanol–water partition coefficient (Wildman–Crippen LogP) is 2.11. The van der Waals surface area contributed by atoms with Gasteiger partial charge in [-0.3, -0.25) is 9.89 Å². The summed E-state index contributed by atoms with van der Waals surface area (Å²) in [5.41, 5.74) is 8.54. The first-order valence-electron chi connectivity index (χ1n) is 6.81. The van der Waals surface area contributed by atoms with E-state index in [-0.39, 0.29) is 5.56 Å². The summed E-state index contributed by atoms with van der Waals surface area (Å²) in [6.07, 6.45) is 3.34. The fourth-order valence-corrected chi connectivity index (χ4v) is 2.17. The van der Waals surface area contributed by atoms with Crippen LogP contribution in [0.5, 0.6) is 0 Å². The molecular formula is C15H19FN4O. The van der Waals surface area contributed by atoms with Crippen molar-refractivity contribution in [2.75, 3.05) is 12.3 Å². The number of benzene rings is 1. The van der Waals surface area contributed by atoms with Crippen molar-refractivity contribution in [2.24, 2.45) is 0 Å². The highest BCUT2D eigenvalue weighted by atomic mass is 19.1. The molecule has 0 saturated heterocycles. The number of nitrogens with one attached hydrogen (secondary N) is 2. The van der Waals surface area contributed by atoms with Crippen molar-refractivity contribution in [1.29, 1.82) is 0 Å². The number of nitrogens with two attached hydrogens (primary N) is 1.